The van der Waals surface area contributed by atoms with Crippen molar-refractivity contribution in [3.8, 4) is 5.75 Å². The summed E-state index contributed by atoms with van der Waals surface area (Å²) in [5.74, 6) is -0.165. The third-order valence-electron chi connectivity index (χ3n) is 2.70. The third kappa shape index (κ3) is 4.84. The van der Waals surface area contributed by atoms with Crippen LogP contribution in [0.4, 0.5) is 0 Å². The number of benzene rings is 1. The predicted octanol–water partition coefficient (Wildman–Crippen LogP) is 2.68. The highest BCUT2D eigenvalue weighted by Crippen LogP contribution is 2.30. The van der Waals surface area contributed by atoms with Crippen molar-refractivity contribution in [2.45, 2.75) is 25.5 Å². The maximum Gasteiger partial charge on any atom is 0.281 e. The molecule has 0 saturated heterocycles. The summed E-state index contributed by atoms with van der Waals surface area (Å²) >= 11 is 4.25. The van der Waals surface area contributed by atoms with Gasteiger partial charge in [-0.2, -0.15) is 0 Å². The zero-order chi connectivity index (χ0) is 16.8. The zero-order valence-corrected chi connectivity index (χ0v) is 14.9. The molecule has 0 fully saturated rings. The molecule has 6 nitrogen and oxygen atoms in total. The molecule has 0 spiro atoms. The summed E-state index contributed by atoms with van der Waals surface area (Å²) in [5, 5.41) is 19.1. The molecule has 8 heteroatoms. The summed E-state index contributed by atoms with van der Waals surface area (Å²) < 4.78 is 11.5. The summed E-state index contributed by atoms with van der Waals surface area (Å²) in [6.07, 6.45) is 2.07. The molecule has 2 rings (SSSR count). The van der Waals surface area contributed by atoms with Crippen LogP contribution in [0.25, 0.3) is 6.08 Å². The Balaban J connectivity index is 2.24. The van der Waals surface area contributed by atoms with Gasteiger partial charge in [0.1, 0.15) is 5.75 Å². The lowest BCUT2D eigenvalue weighted by Crippen LogP contribution is -2.23. The van der Waals surface area contributed by atoms with Gasteiger partial charge in [0.15, 0.2) is 0 Å². The van der Waals surface area contributed by atoms with Crippen molar-refractivity contribution in [3.63, 3.8) is 0 Å². The molecule has 2 aromatic rings. The van der Waals surface area contributed by atoms with Crippen LogP contribution in [0.2, 0.25) is 0 Å². The highest BCUT2D eigenvalue weighted by Gasteiger charge is 2.10. The second kappa shape index (κ2) is 8.16. The second-order valence-corrected chi connectivity index (χ2v) is 6.18. The van der Waals surface area contributed by atoms with Crippen LogP contribution in [0, 0.1) is 0 Å². The first-order valence-corrected chi connectivity index (χ1v) is 8.50. The molecule has 0 bridgehead atoms. The fourth-order valence-electron chi connectivity index (χ4n) is 1.68. The fraction of sp³-hybridized carbons (Fsp3) is 0.267. The van der Waals surface area contributed by atoms with E-state index in [4.69, 9.17) is 9.15 Å². The van der Waals surface area contributed by atoms with Crippen molar-refractivity contribution in [1.82, 2.24) is 10.2 Å². The van der Waals surface area contributed by atoms with E-state index in [1.807, 2.05) is 13.8 Å². The number of carbonyl (C=O) groups is 1. The second-order valence-electron chi connectivity index (χ2n) is 4.34. The highest BCUT2D eigenvalue weighted by atomic mass is 79.9. The van der Waals surface area contributed by atoms with Gasteiger partial charge in [0.2, 0.25) is 5.89 Å². The standard InChI is InChI=1S/C15H15BrN2O4S/c1-3-13-17-18-15(22-13)23-12(14(19)20)8-9-5-6-11(21-4-2)10(16)7-9/h5-8H,3-4H2,1-2H3,(H,19,20)/p-1/b12-8-. The molecule has 23 heavy (non-hydrogen) atoms. The van der Waals surface area contributed by atoms with Gasteiger partial charge in [-0.15, -0.1) is 10.2 Å². The summed E-state index contributed by atoms with van der Waals surface area (Å²) in [4.78, 5) is 11.3. The smallest absolute Gasteiger partial charge is 0.281 e. The predicted molar refractivity (Wildman–Crippen MR) is 87.8 cm³/mol. The van der Waals surface area contributed by atoms with E-state index >= 15 is 0 Å². The topological polar surface area (TPSA) is 88.3 Å². The summed E-state index contributed by atoms with van der Waals surface area (Å²) in [6, 6.07) is 5.28. The zero-order valence-electron chi connectivity index (χ0n) is 12.5. The fourth-order valence-corrected chi connectivity index (χ4v) is 2.87. The van der Waals surface area contributed by atoms with Crippen molar-refractivity contribution < 1.29 is 19.1 Å². The molecule has 122 valence electrons. The van der Waals surface area contributed by atoms with E-state index in [-0.39, 0.29) is 10.1 Å². The Morgan fingerprint density at radius 1 is 1.43 bits per heavy atom. The van der Waals surface area contributed by atoms with Gasteiger partial charge in [-0.05, 0) is 58.4 Å². The van der Waals surface area contributed by atoms with Gasteiger partial charge >= 0.3 is 0 Å². The minimum Gasteiger partial charge on any atom is -0.544 e. The van der Waals surface area contributed by atoms with Crippen molar-refractivity contribution in [3.05, 3.63) is 39.0 Å². The van der Waals surface area contributed by atoms with E-state index in [1.165, 1.54) is 6.08 Å². The van der Waals surface area contributed by atoms with Gasteiger partial charge in [0.25, 0.3) is 5.22 Å². The molecular weight excluding hydrogens is 384 g/mol. The molecule has 0 aliphatic carbocycles. The van der Waals surface area contributed by atoms with E-state index < -0.39 is 5.97 Å². The Morgan fingerprint density at radius 3 is 2.78 bits per heavy atom. The number of aryl methyl sites for hydroxylation is 1. The molecule has 0 atom stereocenters. The Labute approximate surface area is 146 Å². The Kier molecular flexibility index (Phi) is 6.23. The summed E-state index contributed by atoms with van der Waals surface area (Å²) in [7, 11) is 0. The van der Waals surface area contributed by atoms with Crippen LogP contribution >= 0.6 is 27.7 Å². The number of aliphatic carboxylic acids is 1. The number of halogens is 1. The number of thioether (sulfide) groups is 1. The molecule has 0 aliphatic rings. The first-order chi connectivity index (χ1) is 11.0. The van der Waals surface area contributed by atoms with Gasteiger partial charge in [-0.25, -0.2) is 0 Å². The number of rotatable bonds is 7. The minimum atomic E-state index is -1.31. The minimum absolute atomic E-state index is 0.0210. The van der Waals surface area contributed by atoms with Crippen LogP contribution in [-0.4, -0.2) is 22.8 Å². The average Bonchev–Trinajstić information content (AvgIpc) is 2.97. The van der Waals surface area contributed by atoms with Crippen LogP contribution < -0.4 is 9.84 Å². The van der Waals surface area contributed by atoms with Gasteiger partial charge in [-0.3, -0.25) is 0 Å². The summed E-state index contributed by atoms with van der Waals surface area (Å²) in [6.45, 7) is 4.31. The van der Waals surface area contributed by atoms with Crippen LogP contribution in [-0.2, 0) is 11.2 Å². The maximum absolute atomic E-state index is 11.3. The number of ether oxygens (including phenoxy) is 1. The number of carboxylic acids is 1. The number of hydrogen-bond donors (Lipinski definition) is 0. The van der Waals surface area contributed by atoms with Crippen molar-refractivity contribution in [2.75, 3.05) is 6.61 Å². The van der Waals surface area contributed by atoms with Crippen molar-refractivity contribution in [1.29, 1.82) is 0 Å². The van der Waals surface area contributed by atoms with Gasteiger partial charge in [0.05, 0.1) is 17.0 Å². The molecule has 0 aliphatic heterocycles. The first kappa shape index (κ1) is 17.6. The Hall–Kier alpha value is -1.80. The largest absolute Gasteiger partial charge is 0.544 e. The third-order valence-corrected chi connectivity index (χ3v) is 4.17. The van der Waals surface area contributed by atoms with Crippen LogP contribution in [0.5, 0.6) is 5.75 Å². The molecule has 0 amide bonds. The van der Waals surface area contributed by atoms with Crippen LogP contribution in [0.15, 0.2) is 37.2 Å². The quantitative estimate of drug-likeness (QED) is 0.523. The molecule has 0 radical (unpaired) electrons. The number of carboxylic acid groups (broad SMARTS) is 1. The van der Waals surface area contributed by atoms with Crippen molar-refractivity contribution in [2.24, 2.45) is 0 Å². The van der Waals surface area contributed by atoms with Gasteiger partial charge in [-0.1, -0.05) is 13.0 Å². The Bertz CT molecular complexity index is 730. The highest BCUT2D eigenvalue weighted by molar-refractivity contribution is 9.10. The normalized spacial score (nSPS) is 11.5. The lowest BCUT2D eigenvalue weighted by Gasteiger charge is -2.08. The first-order valence-electron chi connectivity index (χ1n) is 6.89. The SMILES string of the molecule is CCOc1ccc(/C=C(\Sc2nnc(CC)o2)C(=O)[O-])cc1Br. The lowest BCUT2D eigenvalue weighted by molar-refractivity contribution is -0.298. The van der Waals surface area contributed by atoms with E-state index in [0.717, 1.165) is 16.2 Å². The number of aromatic nitrogens is 2. The molecule has 1 aromatic heterocycles. The van der Waals surface area contributed by atoms with Gasteiger partial charge in [0, 0.05) is 11.3 Å². The molecule has 0 saturated carbocycles. The van der Waals surface area contributed by atoms with E-state index in [0.29, 0.717) is 30.2 Å². The number of carbonyl (C=O) groups excluding carboxylic acids is 1. The maximum atomic E-state index is 11.3. The van der Waals surface area contributed by atoms with E-state index in [9.17, 15) is 9.90 Å². The molecule has 0 unspecified atom stereocenters. The van der Waals surface area contributed by atoms with E-state index in [2.05, 4.69) is 26.1 Å². The van der Waals surface area contributed by atoms with Crippen LogP contribution in [0.1, 0.15) is 25.3 Å². The van der Waals surface area contributed by atoms with E-state index in [1.54, 1.807) is 18.2 Å². The lowest BCUT2D eigenvalue weighted by atomic mass is 10.2. The molecular formula is C15H14BrN2O4S-. The summed E-state index contributed by atoms with van der Waals surface area (Å²) in [5.41, 5.74) is 0.683. The number of hydrogen-bond acceptors (Lipinski definition) is 7. The van der Waals surface area contributed by atoms with Crippen molar-refractivity contribution >= 4 is 39.7 Å². The molecule has 1 aromatic carbocycles. The van der Waals surface area contributed by atoms with Crippen LogP contribution in [0.3, 0.4) is 0 Å². The van der Waals surface area contributed by atoms with Gasteiger partial charge < -0.3 is 19.1 Å². The Morgan fingerprint density at radius 2 is 2.22 bits per heavy atom. The molecule has 1 heterocycles. The number of nitrogens with zero attached hydrogens (tertiary/aromatic N) is 2. The molecule has 0 N–H and O–H groups in total. The monoisotopic (exact) mass is 397 g/mol. The average molecular weight is 398 g/mol.